The summed E-state index contributed by atoms with van der Waals surface area (Å²) in [6.45, 7) is 0.789. The van der Waals surface area contributed by atoms with Gasteiger partial charge < -0.3 is 10.6 Å². The van der Waals surface area contributed by atoms with Crippen molar-refractivity contribution in [1.29, 1.82) is 0 Å². The number of amides is 2. The predicted octanol–water partition coefficient (Wildman–Crippen LogP) is 2.25. The number of benzene rings is 1. The number of hydrogen-bond donors (Lipinski definition) is 2. The van der Waals surface area contributed by atoms with Crippen molar-refractivity contribution < 1.29 is 14.0 Å². The van der Waals surface area contributed by atoms with Gasteiger partial charge in [-0.1, -0.05) is 19.3 Å². The van der Waals surface area contributed by atoms with Crippen LogP contribution in [0.2, 0.25) is 0 Å². The first-order chi connectivity index (χ1) is 10.2. The molecule has 1 aliphatic carbocycles. The molecule has 1 aliphatic rings. The molecule has 0 spiro atoms. The van der Waals surface area contributed by atoms with Crippen molar-refractivity contribution in [3.8, 4) is 0 Å². The van der Waals surface area contributed by atoms with Gasteiger partial charge in [-0.25, -0.2) is 4.39 Å². The number of carbonyl (C=O) groups excluding carboxylic acids is 2. The van der Waals surface area contributed by atoms with Gasteiger partial charge in [0.2, 0.25) is 5.91 Å². The van der Waals surface area contributed by atoms with Gasteiger partial charge in [0.1, 0.15) is 5.82 Å². The van der Waals surface area contributed by atoms with Crippen LogP contribution < -0.4 is 10.6 Å². The zero-order valence-corrected chi connectivity index (χ0v) is 12.0. The van der Waals surface area contributed by atoms with Crippen molar-refractivity contribution in [2.75, 3.05) is 13.1 Å². The SMILES string of the molecule is O=C(NCCNC(=O)C1CCCCC1)c1ccc(F)cc1. The van der Waals surface area contributed by atoms with Crippen LogP contribution in [0.1, 0.15) is 42.5 Å². The van der Waals surface area contributed by atoms with E-state index in [0.29, 0.717) is 18.7 Å². The van der Waals surface area contributed by atoms with E-state index >= 15 is 0 Å². The Morgan fingerprint density at radius 3 is 2.29 bits per heavy atom. The zero-order valence-electron chi connectivity index (χ0n) is 12.0. The molecule has 0 aromatic heterocycles. The fourth-order valence-electron chi connectivity index (χ4n) is 2.57. The van der Waals surface area contributed by atoms with Crippen molar-refractivity contribution >= 4 is 11.8 Å². The van der Waals surface area contributed by atoms with Crippen LogP contribution in [-0.4, -0.2) is 24.9 Å². The molecule has 0 aliphatic heterocycles. The Kier molecular flexibility index (Phi) is 5.72. The first-order valence-corrected chi connectivity index (χ1v) is 7.48. The van der Waals surface area contributed by atoms with Crippen molar-refractivity contribution in [3.05, 3.63) is 35.6 Å². The van der Waals surface area contributed by atoms with Gasteiger partial charge in [-0.2, -0.15) is 0 Å². The number of carbonyl (C=O) groups is 2. The van der Waals surface area contributed by atoms with Gasteiger partial charge in [-0.3, -0.25) is 9.59 Å². The highest BCUT2D eigenvalue weighted by atomic mass is 19.1. The first kappa shape index (κ1) is 15.5. The van der Waals surface area contributed by atoms with Crippen molar-refractivity contribution in [2.45, 2.75) is 32.1 Å². The topological polar surface area (TPSA) is 58.2 Å². The monoisotopic (exact) mass is 292 g/mol. The summed E-state index contributed by atoms with van der Waals surface area (Å²) in [5, 5.41) is 5.56. The molecular formula is C16H21FN2O2. The number of halogens is 1. The quantitative estimate of drug-likeness (QED) is 0.818. The second-order valence-electron chi connectivity index (χ2n) is 5.39. The van der Waals surface area contributed by atoms with Crippen molar-refractivity contribution in [2.24, 2.45) is 5.92 Å². The lowest BCUT2D eigenvalue weighted by atomic mass is 9.89. The highest BCUT2D eigenvalue weighted by Gasteiger charge is 2.20. The molecule has 5 heteroatoms. The van der Waals surface area contributed by atoms with E-state index in [2.05, 4.69) is 10.6 Å². The van der Waals surface area contributed by atoms with Gasteiger partial charge in [0.15, 0.2) is 0 Å². The molecule has 0 radical (unpaired) electrons. The van der Waals surface area contributed by atoms with E-state index in [4.69, 9.17) is 0 Å². The normalized spacial score (nSPS) is 15.5. The second-order valence-corrected chi connectivity index (χ2v) is 5.39. The maximum Gasteiger partial charge on any atom is 0.251 e. The van der Waals surface area contributed by atoms with E-state index < -0.39 is 0 Å². The fourth-order valence-corrected chi connectivity index (χ4v) is 2.57. The molecule has 2 N–H and O–H groups in total. The molecule has 2 rings (SSSR count). The number of nitrogens with one attached hydrogen (secondary N) is 2. The summed E-state index contributed by atoms with van der Waals surface area (Å²) in [5.41, 5.74) is 0.412. The van der Waals surface area contributed by atoms with Gasteiger partial charge in [0.25, 0.3) is 5.91 Å². The minimum absolute atomic E-state index is 0.0886. The Labute approximate surface area is 124 Å². The Morgan fingerprint density at radius 1 is 1.00 bits per heavy atom. The lowest BCUT2D eigenvalue weighted by molar-refractivity contribution is -0.125. The molecule has 114 valence electrons. The molecule has 1 saturated carbocycles. The smallest absolute Gasteiger partial charge is 0.251 e. The van der Waals surface area contributed by atoms with Crippen LogP contribution in [0.5, 0.6) is 0 Å². The molecule has 1 aromatic rings. The summed E-state index contributed by atoms with van der Waals surface area (Å²) < 4.78 is 12.7. The molecule has 1 aromatic carbocycles. The van der Waals surface area contributed by atoms with Crippen LogP contribution in [0.3, 0.4) is 0 Å². The Balaban J connectivity index is 1.66. The second kappa shape index (κ2) is 7.76. The first-order valence-electron chi connectivity index (χ1n) is 7.48. The molecular weight excluding hydrogens is 271 g/mol. The van der Waals surface area contributed by atoms with Crippen LogP contribution in [0.15, 0.2) is 24.3 Å². The standard InChI is InChI=1S/C16H21FN2O2/c17-14-8-6-13(7-9-14)16(21)19-11-10-18-15(20)12-4-2-1-3-5-12/h6-9,12H,1-5,10-11H2,(H,18,20)(H,19,21). The van der Waals surface area contributed by atoms with Crippen LogP contribution in [0.4, 0.5) is 4.39 Å². The van der Waals surface area contributed by atoms with E-state index in [1.807, 2.05) is 0 Å². The number of rotatable bonds is 5. The van der Waals surface area contributed by atoms with Crippen LogP contribution in [0.25, 0.3) is 0 Å². The molecule has 0 saturated heterocycles. The van der Waals surface area contributed by atoms with Crippen LogP contribution in [0, 0.1) is 11.7 Å². The van der Waals surface area contributed by atoms with E-state index in [-0.39, 0.29) is 23.5 Å². The molecule has 0 unspecified atom stereocenters. The molecule has 0 heterocycles. The lowest BCUT2D eigenvalue weighted by Gasteiger charge is -2.20. The number of hydrogen-bond acceptors (Lipinski definition) is 2. The molecule has 1 fully saturated rings. The summed E-state index contributed by atoms with van der Waals surface area (Å²) in [4.78, 5) is 23.6. The summed E-state index contributed by atoms with van der Waals surface area (Å²) >= 11 is 0. The molecule has 0 atom stereocenters. The molecule has 21 heavy (non-hydrogen) atoms. The third-order valence-electron chi connectivity index (χ3n) is 3.79. The minimum atomic E-state index is -0.369. The van der Waals surface area contributed by atoms with Gasteiger partial charge in [-0.15, -0.1) is 0 Å². The summed E-state index contributed by atoms with van der Waals surface area (Å²) in [7, 11) is 0. The van der Waals surface area contributed by atoms with Gasteiger partial charge in [-0.05, 0) is 37.1 Å². The van der Waals surface area contributed by atoms with Crippen molar-refractivity contribution in [3.63, 3.8) is 0 Å². The largest absolute Gasteiger partial charge is 0.354 e. The third-order valence-corrected chi connectivity index (χ3v) is 3.79. The van der Waals surface area contributed by atoms with Gasteiger partial charge in [0.05, 0.1) is 0 Å². The highest BCUT2D eigenvalue weighted by molar-refractivity contribution is 5.94. The predicted molar refractivity (Wildman–Crippen MR) is 78.3 cm³/mol. The highest BCUT2D eigenvalue weighted by Crippen LogP contribution is 2.23. The maximum absolute atomic E-state index is 12.7. The van der Waals surface area contributed by atoms with E-state index in [0.717, 1.165) is 25.7 Å². The van der Waals surface area contributed by atoms with Crippen LogP contribution >= 0.6 is 0 Å². The minimum Gasteiger partial charge on any atom is -0.354 e. The average molecular weight is 292 g/mol. The summed E-state index contributed by atoms with van der Waals surface area (Å²) in [6, 6.07) is 5.37. The Bertz CT molecular complexity index is 482. The summed E-state index contributed by atoms with van der Waals surface area (Å²) in [5.74, 6) is -0.412. The van der Waals surface area contributed by atoms with Gasteiger partial charge in [0, 0.05) is 24.6 Å². The molecule has 2 amide bonds. The molecule has 0 bridgehead atoms. The molecule has 4 nitrogen and oxygen atoms in total. The Morgan fingerprint density at radius 2 is 1.62 bits per heavy atom. The van der Waals surface area contributed by atoms with Crippen LogP contribution in [-0.2, 0) is 4.79 Å². The zero-order chi connectivity index (χ0) is 15.1. The summed E-state index contributed by atoms with van der Waals surface area (Å²) in [6.07, 6.45) is 5.40. The van der Waals surface area contributed by atoms with Crippen molar-refractivity contribution in [1.82, 2.24) is 10.6 Å². The van der Waals surface area contributed by atoms with E-state index in [1.54, 1.807) is 0 Å². The third kappa shape index (κ3) is 4.85. The fraction of sp³-hybridized carbons (Fsp3) is 0.500. The maximum atomic E-state index is 12.7. The van der Waals surface area contributed by atoms with Gasteiger partial charge >= 0.3 is 0 Å². The van der Waals surface area contributed by atoms with E-state index in [1.165, 1.54) is 30.7 Å². The lowest BCUT2D eigenvalue weighted by Crippen LogP contribution is -2.38. The Hall–Kier alpha value is -1.91. The van der Waals surface area contributed by atoms with E-state index in [9.17, 15) is 14.0 Å². The average Bonchev–Trinajstić information content (AvgIpc) is 2.52.